The molecule has 0 spiro atoms. The number of nitrogens with one attached hydrogen (secondary N) is 3. The molecule has 1 aliphatic heterocycles. The predicted octanol–water partition coefficient (Wildman–Crippen LogP) is 2.53. The van der Waals surface area contributed by atoms with Crippen LogP contribution in [0.25, 0.3) is 0 Å². The minimum absolute atomic E-state index is 0.128. The van der Waals surface area contributed by atoms with Gasteiger partial charge in [0.2, 0.25) is 11.9 Å². The number of halogens is 3. The maximum absolute atomic E-state index is 13.1. The average molecular weight is 493 g/mol. The highest BCUT2D eigenvalue weighted by atomic mass is 19.4. The van der Waals surface area contributed by atoms with Crippen LogP contribution in [-0.2, 0) is 15.8 Å². The first-order valence-corrected chi connectivity index (χ1v) is 11.3. The number of aromatic nitrogens is 4. The molecule has 2 aromatic heterocycles. The largest absolute Gasteiger partial charge is 0.423 e. The summed E-state index contributed by atoms with van der Waals surface area (Å²) in [4.78, 5) is 39.8. The summed E-state index contributed by atoms with van der Waals surface area (Å²) in [6, 6.07) is -0.645. The number of anilines is 2. The van der Waals surface area contributed by atoms with Crippen molar-refractivity contribution in [3.05, 3.63) is 51.7 Å². The lowest BCUT2D eigenvalue weighted by Gasteiger charge is -2.26. The fraction of sp³-hybridized carbons (Fsp3) is 0.500. The van der Waals surface area contributed by atoms with Crippen molar-refractivity contribution in [2.24, 2.45) is 0 Å². The summed E-state index contributed by atoms with van der Waals surface area (Å²) in [5, 5.41) is 7.70. The van der Waals surface area contributed by atoms with Gasteiger partial charge in [0.25, 0.3) is 5.56 Å². The highest BCUT2D eigenvalue weighted by Gasteiger charge is 2.37. The van der Waals surface area contributed by atoms with Gasteiger partial charge < -0.3 is 10.2 Å². The minimum atomic E-state index is -4.84. The van der Waals surface area contributed by atoms with Crippen LogP contribution in [0.1, 0.15) is 49.7 Å². The number of hydrogen-bond donors (Lipinski definition) is 3. The first-order valence-electron chi connectivity index (χ1n) is 11.3. The molecule has 2 aliphatic rings. The lowest BCUT2D eigenvalue weighted by Crippen LogP contribution is -2.34. The topological polar surface area (TPSA) is 125 Å². The van der Waals surface area contributed by atoms with Crippen molar-refractivity contribution < 1.29 is 22.8 Å². The number of H-pyrrole nitrogens is 1. The average Bonchev–Trinajstić information content (AvgIpc) is 3.64. The molecular formula is C22H26F3N7O3. The van der Waals surface area contributed by atoms with Crippen molar-refractivity contribution in [1.82, 2.24) is 25.6 Å². The van der Waals surface area contributed by atoms with Gasteiger partial charge in [0.15, 0.2) is 0 Å². The fourth-order valence-electron chi connectivity index (χ4n) is 3.76. The van der Waals surface area contributed by atoms with E-state index in [2.05, 4.69) is 25.9 Å². The van der Waals surface area contributed by atoms with Gasteiger partial charge in [-0.15, -0.1) is 0 Å². The molecule has 1 saturated carbocycles. The number of alkyl halides is 3. The van der Waals surface area contributed by atoms with Crippen LogP contribution in [0, 0.1) is 0 Å². The van der Waals surface area contributed by atoms with E-state index >= 15 is 0 Å². The molecule has 1 atom stereocenters. The van der Waals surface area contributed by atoms with Crippen LogP contribution in [0.5, 0.6) is 0 Å². The van der Waals surface area contributed by atoms with Crippen molar-refractivity contribution in [2.75, 3.05) is 29.9 Å². The van der Waals surface area contributed by atoms with E-state index in [1.165, 1.54) is 18.4 Å². The van der Waals surface area contributed by atoms with E-state index in [1.54, 1.807) is 12.0 Å². The van der Waals surface area contributed by atoms with Crippen molar-refractivity contribution in [1.29, 1.82) is 0 Å². The summed E-state index contributed by atoms with van der Waals surface area (Å²) in [6.07, 6.45) is 4.99. The molecule has 3 N–H and O–H groups in total. The molecule has 1 aliphatic carbocycles. The van der Waals surface area contributed by atoms with Gasteiger partial charge in [-0.25, -0.2) is 20.5 Å². The second-order valence-corrected chi connectivity index (χ2v) is 8.69. The lowest BCUT2D eigenvalue weighted by molar-refractivity contribution is -0.138. The molecule has 1 unspecified atom stereocenters. The number of hydrogen-bond acceptors (Lipinski definition) is 8. The van der Waals surface area contributed by atoms with E-state index in [9.17, 15) is 22.8 Å². The molecule has 2 aromatic rings. The molecule has 35 heavy (non-hydrogen) atoms. The number of carbonyl (C=O) groups is 1. The number of amides is 1. The molecule has 0 saturated heterocycles. The molecule has 0 radical (unpaired) electrons. The summed E-state index contributed by atoms with van der Waals surface area (Å²) in [6.45, 7) is 2.70. The van der Waals surface area contributed by atoms with Gasteiger partial charge in [0.05, 0.1) is 18.5 Å². The predicted molar refractivity (Wildman–Crippen MR) is 121 cm³/mol. The Kier molecular flexibility index (Phi) is 7.34. The zero-order valence-electron chi connectivity index (χ0n) is 19.1. The minimum Gasteiger partial charge on any atom is -0.378 e. The van der Waals surface area contributed by atoms with Crippen LogP contribution in [0.2, 0.25) is 0 Å². The smallest absolute Gasteiger partial charge is 0.378 e. The van der Waals surface area contributed by atoms with Crippen LogP contribution in [0.4, 0.5) is 24.8 Å². The number of hydroxylamine groups is 1. The molecule has 4 rings (SSSR count). The van der Waals surface area contributed by atoms with Gasteiger partial charge in [-0.2, -0.15) is 18.3 Å². The molecule has 188 valence electrons. The third-order valence-corrected chi connectivity index (χ3v) is 5.74. The molecule has 13 heteroatoms. The Balaban J connectivity index is 1.20. The van der Waals surface area contributed by atoms with Crippen LogP contribution in [0.15, 0.2) is 35.0 Å². The molecule has 0 bridgehead atoms. The first kappa shape index (κ1) is 24.6. The van der Waals surface area contributed by atoms with E-state index in [4.69, 9.17) is 4.84 Å². The third-order valence-electron chi connectivity index (χ3n) is 5.74. The first-order chi connectivity index (χ1) is 16.7. The van der Waals surface area contributed by atoms with Crippen LogP contribution in [0.3, 0.4) is 0 Å². The van der Waals surface area contributed by atoms with Crippen molar-refractivity contribution >= 4 is 17.5 Å². The molecular weight excluding hydrogens is 467 g/mol. The van der Waals surface area contributed by atoms with Gasteiger partial charge >= 0.3 is 6.18 Å². The van der Waals surface area contributed by atoms with E-state index in [0.29, 0.717) is 31.4 Å². The second-order valence-electron chi connectivity index (χ2n) is 8.69. The summed E-state index contributed by atoms with van der Waals surface area (Å²) < 4.78 is 39.3. The standard InChI is InChI=1S/C22H26F3N7O3/c1-13(29-17-11-28-30-20(34)19(17)22(23,24)25)12-35-31-18(33)8-14-4-6-32(7-5-14)21-26-9-16(10-27-21)15-2-3-15/h4,9-11,13,15H,2-3,5-8,12H2,1H3,(H,31,33)(H2,29,30,34). The Bertz CT molecular complexity index is 1130. The zero-order chi connectivity index (χ0) is 25.0. The van der Waals surface area contributed by atoms with E-state index < -0.39 is 29.0 Å². The van der Waals surface area contributed by atoms with Gasteiger partial charge in [-0.05, 0) is 37.7 Å². The number of nitrogens with zero attached hydrogens (tertiary/aromatic N) is 4. The van der Waals surface area contributed by atoms with Crippen LogP contribution in [-0.4, -0.2) is 51.8 Å². The van der Waals surface area contributed by atoms with Crippen molar-refractivity contribution in [3.63, 3.8) is 0 Å². The van der Waals surface area contributed by atoms with E-state index in [1.807, 2.05) is 23.4 Å². The van der Waals surface area contributed by atoms with E-state index in [-0.39, 0.29) is 18.9 Å². The summed E-state index contributed by atoms with van der Waals surface area (Å²) in [5.74, 6) is 0.910. The Morgan fingerprint density at radius 2 is 2.03 bits per heavy atom. The molecule has 0 aromatic carbocycles. The highest BCUT2D eigenvalue weighted by Crippen LogP contribution is 2.39. The Morgan fingerprint density at radius 1 is 1.29 bits per heavy atom. The number of rotatable bonds is 9. The Labute approximate surface area is 198 Å². The highest BCUT2D eigenvalue weighted by molar-refractivity contribution is 5.77. The SMILES string of the molecule is CC(CONC(=O)CC1=CCN(c2ncc(C3CC3)cn2)CC1)Nc1cn[nH]c(=O)c1C(F)(F)F. The van der Waals surface area contributed by atoms with E-state index in [0.717, 1.165) is 11.8 Å². The molecule has 10 nitrogen and oxygen atoms in total. The summed E-state index contributed by atoms with van der Waals surface area (Å²) in [7, 11) is 0. The fourth-order valence-corrected chi connectivity index (χ4v) is 3.76. The van der Waals surface area contributed by atoms with Gasteiger partial charge in [0, 0.05) is 37.9 Å². The third kappa shape index (κ3) is 6.56. The second kappa shape index (κ2) is 10.4. The molecule has 3 heterocycles. The number of aromatic amines is 1. The maximum Gasteiger partial charge on any atom is 0.423 e. The van der Waals surface area contributed by atoms with Gasteiger partial charge in [-0.3, -0.25) is 14.4 Å². The van der Waals surface area contributed by atoms with Crippen molar-refractivity contribution in [2.45, 2.75) is 50.7 Å². The maximum atomic E-state index is 13.1. The quantitative estimate of drug-likeness (QED) is 0.360. The van der Waals surface area contributed by atoms with Crippen molar-refractivity contribution in [3.8, 4) is 0 Å². The zero-order valence-corrected chi connectivity index (χ0v) is 19.1. The van der Waals surface area contributed by atoms with Gasteiger partial charge in [-0.1, -0.05) is 11.6 Å². The normalized spacial score (nSPS) is 17.0. The Morgan fingerprint density at radius 3 is 2.66 bits per heavy atom. The molecule has 1 fully saturated rings. The van der Waals surface area contributed by atoms with Gasteiger partial charge in [0.1, 0.15) is 5.56 Å². The van der Waals surface area contributed by atoms with Crippen LogP contribution >= 0.6 is 0 Å². The van der Waals surface area contributed by atoms with Crippen LogP contribution < -0.4 is 21.3 Å². The Hall–Kier alpha value is -3.48. The molecule has 1 amide bonds. The number of carbonyl (C=O) groups excluding carboxylic acids is 1. The summed E-state index contributed by atoms with van der Waals surface area (Å²) >= 11 is 0. The summed E-state index contributed by atoms with van der Waals surface area (Å²) in [5.41, 5.74) is 1.26. The lowest BCUT2D eigenvalue weighted by atomic mass is 10.0. The monoisotopic (exact) mass is 493 g/mol.